The number of hydrogen-bond donors (Lipinski definition) is 1. The summed E-state index contributed by atoms with van der Waals surface area (Å²) in [4.78, 5) is 16.4. The molecule has 0 spiro atoms. The molecule has 0 bridgehead atoms. The molecule has 1 unspecified atom stereocenters. The molecule has 5 nitrogen and oxygen atoms in total. The molecule has 1 amide bonds. The molecule has 0 aliphatic carbocycles. The number of ether oxygens (including phenoxy) is 1. The molecule has 0 radical (unpaired) electrons. The van der Waals surface area contributed by atoms with Gasteiger partial charge in [-0.05, 0) is 36.6 Å². The van der Waals surface area contributed by atoms with E-state index in [-0.39, 0.29) is 11.9 Å². The number of hydrogen-bond acceptors (Lipinski definition) is 5. The van der Waals surface area contributed by atoms with Gasteiger partial charge in [-0.15, -0.1) is 0 Å². The summed E-state index contributed by atoms with van der Waals surface area (Å²) in [5.41, 5.74) is 2.12. The van der Waals surface area contributed by atoms with E-state index in [0.29, 0.717) is 23.8 Å². The number of carbonyl (C=O) groups excluding carboxylic acids is 1. The zero-order chi connectivity index (χ0) is 19.1. The second kappa shape index (κ2) is 9.28. The first-order valence-electron chi connectivity index (χ1n) is 9.05. The Hall–Kier alpha value is -2.73. The monoisotopic (exact) mass is 381 g/mol. The van der Waals surface area contributed by atoms with E-state index >= 15 is 0 Å². The highest BCUT2D eigenvalue weighted by molar-refractivity contribution is 7.07. The molecular formula is C21H23N3O2S. The van der Waals surface area contributed by atoms with Gasteiger partial charge in [0.25, 0.3) is 5.19 Å². The summed E-state index contributed by atoms with van der Waals surface area (Å²) in [6.45, 7) is 4.05. The Labute approximate surface area is 163 Å². The van der Waals surface area contributed by atoms with E-state index in [4.69, 9.17) is 4.74 Å². The standard InChI is InChI=1S/C21H23N3O2S/c1-3-15(2)22-20(25)14-17-9-11-18(12-10-17)26-21-23-19(24-27-21)13-16-7-5-4-6-8-16/h4-12,15H,3,13-14H2,1-2H3,(H,22,25). The number of nitrogens with zero attached hydrogens (tertiary/aromatic N) is 2. The fourth-order valence-electron chi connectivity index (χ4n) is 2.52. The van der Waals surface area contributed by atoms with Crippen molar-refractivity contribution in [2.75, 3.05) is 0 Å². The summed E-state index contributed by atoms with van der Waals surface area (Å²) < 4.78 is 10.1. The number of aromatic nitrogens is 2. The minimum absolute atomic E-state index is 0.0349. The number of benzene rings is 2. The normalized spacial score (nSPS) is 11.8. The molecule has 0 aliphatic rings. The van der Waals surface area contributed by atoms with Crippen molar-refractivity contribution < 1.29 is 9.53 Å². The van der Waals surface area contributed by atoms with Crippen LogP contribution >= 0.6 is 11.5 Å². The van der Waals surface area contributed by atoms with Crippen LogP contribution in [-0.2, 0) is 17.6 Å². The molecule has 0 saturated heterocycles. The van der Waals surface area contributed by atoms with E-state index in [1.807, 2.05) is 49.4 Å². The fraction of sp³-hybridized carbons (Fsp3) is 0.286. The number of amides is 1. The van der Waals surface area contributed by atoms with Crippen LogP contribution in [0.3, 0.4) is 0 Å². The van der Waals surface area contributed by atoms with Crippen LogP contribution in [0.4, 0.5) is 0 Å². The highest BCUT2D eigenvalue weighted by Gasteiger charge is 2.09. The molecule has 0 aliphatic heterocycles. The maximum atomic E-state index is 12.0. The molecule has 2 aromatic carbocycles. The third-order valence-corrected chi connectivity index (χ3v) is 4.80. The summed E-state index contributed by atoms with van der Waals surface area (Å²) in [5, 5.41) is 3.49. The van der Waals surface area contributed by atoms with E-state index in [1.165, 1.54) is 17.1 Å². The molecule has 27 heavy (non-hydrogen) atoms. The molecule has 1 atom stereocenters. The van der Waals surface area contributed by atoms with Gasteiger partial charge in [-0.2, -0.15) is 9.36 Å². The Morgan fingerprint density at radius 3 is 2.56 bits per heavy atom. The van der Waals surface area contributed by atoms with E-state index in [2.05, 4.69) is 33.7 Å². The maximum absolute atomic E-state index is 12.0. The Bertz CT molecular complexity index is 863. The topological polar surface area (TPSA) is 64.1 Å². The second-order valence-corrected chi connectivity index (χ2v) is 7.15. The third-order valence-electron chi connectivity index (χ3n) is 4.17. The third kappa shape index (κ3) is 5.89. The SMILES string of the molecule is CCC(C)NC(=O)Cc1ccc(Oc2nc(Cc3ccccc3)ns2)cc1. The first-order chi connectivity index (χ1) is 13.1. The smallest absolute Gasteiger partial charge is 0.298 e. The largest absolute Gasteiger partial charge is 0.430 e. The Morgan fingerprint density at radius 1 is 1.11 bits per heavy atom. The van der Waals surface area contributed by atoms with Crippen LogP contribution in [0.2, 0.25) is 0 Å². The number of nitrogens with one attached hydrogen (secondary N) is 1. The van der Waals surface area contributed by atoms with Crippen LogP contribution in [0.15, 0.2) is 54.6 Å². The van der Waals surface area contributed by atoms with Crippen molar-refractivity contribution in [3.05, 3.63) is 71.5 Å². The molecule has 1 aromatic heterocycles. The Kier molecular flexibility index (Phi) is 6.54. The molecule has 1 heterocycles. The highest BCUT2D eigenvalue weighted by Crippen LogP contribution is 2.24. The van der Waals surface area contributed by atoms with Gasteiger partial charge in [-0.1, -0.05) is 49.4 Å². The van der Waals surface area contributed by atoms with Crippen molar-refractivity contribution in [2.45, 2.75) is 39.2 Å². The predicted molar refractivity (Wildman–Crippen MR) is 107 cm³/mol. The maximum Gasteiger partial charge on any atom is 0.298 e. The fourth-order valence-corrected chi connectivity index (χ4v) is 3.09. The van der Waals surface area contributed by atoms with Gasteiger partial charge in [0, 0.05) is 24.0 Å². The molecule has 0 fully saturated rings. The average molecular weight is 382 g/mol. The van der Waals surface area contributed by atoms with Gasteiger partial charge in [0.2, 0.25) is 5.91 Å². The van der Waals surface area contributed by atoms with Gasteiger partial charge in [0.15, 0.2) is 5.82 Å². The van der Waals surface area contributed by atoms with Gasteiger partial charge in [-0.25, -0.2) is 0 Å². The molecule has 1 N–H and O–H groups in total. The summed E-state index contributed by atoms with van der Waals surface area (Å²) in [7, 11) is 0. The van der Waals surface area contributed by atoms with Crippen molar-refractivity contribution in [3.63, 3.8) is 0 Å². The van der Waals surface area contributed by atoms with Crippen LogP contribution in [0.25, 0.3) is 0 Å². The van der Waals surface area contributed by atoms with E-state index in [9.17, 15) is 4.79 Å². The summed E-state index contributed by atoms with van der Waals surface area (Å²) in [6.07, 6.45) is 1.97. The Morgan fingerprint density at radius 2 is 1.85 bits per heavy atom. The van der Waals surface area contributed by atoms with Gasteiger partial charge >= 0.3 is 0 Å². The summed E-state index contributed by atoms with van der Waals surface area (Å²) in [6, 6.07) is 17.8. The summed E-state index contributed by atoms with van der Waals surface area (Å²) >= 11 is 1.24. The van der Waals surface area contributed by atoms with E-state index < -0.39 is 0 Å². The Balaban J connectivity index is 1.55. The average Bonchev–Trinajstić information content (AvgIpc) is 3.10. The van der Waals surface area contributed by atoms with Crippen LogP contribution < -0.4 is 10.1 Å². The van der Waals surface area contributed by atoms with Gasteiger partial charge in [0.1, 0.15) is 5.75 Å². The first kappa shape index (κ1) is 19.0. The van der Waals surface area contributed by atoms with E-state index in [0.717, 1.165) is 17.8 Å². The van der Waals surface area contributed by atoms with Crippen molar-refractivity contribution in [3.8, 4) is 10.9 Å². The minimum atomic E-state index is 0.0349. The zero-order valence-electron chi connectivity index (χ0n) is 15.5. The van der Waals surface area contributed by atoms with Crippen LogP contribution in [0.1, 0.15) is 37.2 Å². The van der Waals surface area contributed by atoms with Crippen molar-refractivity contribution in [2.24, 2.45) is 0 Å². The van der Waals surface area contributed by atoms with Crippen LogP contribution in [0, 0.1) is 0 Å². The lowest BCUT2D eigenvalue weighted by atomic mass is 10.1. The highest BCUT2D eigenvalue weighted by atomic mass is 32.1. The van der Waals surface area contributed by atoms with Crippen LogP contribution in [0.5, 0.6) is 10.9 Å². The molecular weight excluding hydrogens is 358 g/mol. The van der Waals surface area contributed by atoms with Gasteiger partial charge < -0.3 is 10.1 Å². The predicted octanol–water partition coefficient (Wildman–Crippen LogP) is 4.38. The van der Waals surface area contributed by atoms with Crippen molar-refractivity contribution in [1.29, 1.82) is 0 Å². The molecule has 0 saturated carbocycles. The van der Waals surface area contributed by atoms with Crippen LogP contribution in [-0.4, -0.2) is 21.3 Å². The quantitative estimate of drug-likeness (QED) is 0.629. The first-order valence-corrected chi connectivity index (χ1v) is 9.82. The molecule has 6 heteroatoms. The van der Waals surface area contributed by atoms with Crippen molar-refractivity contribution in [1.82, 2.24) is 14.7 Å². The lowest BCUT2D eigenvalue weighted by Crippen LogP contribution is -2.33. The minimum Gasteiger partial charge on any atom is -0.430 e. The zero-order valence-corrected chi connectivity index (χ0v) is 16.3. The van der Waals surface area contributed by atoms with Crippen molar-refractivity contribution >= 4 is 17.4 Å². The lowest BCUT2D eigenvalue weighted by molar-refractivity contribution is -0.121. The van der Waals surface area contributed by atoms with E-state index in [1.54, 1.807) is 0 Å². The molecule has 3 aromatic rings. The van der Waals surface area contributed by atoms with Gasteiger partial charge in [-0.3, -0.25) is 4.79 Å². The molecule has 3 rings (SSSR count). The molecule has 140 valence electrons. The lowest BCUT2D eigenvalue weighted by Gasteiger charge is -2.11. The number of carbonyl (C=O) groups is 1. The second-order valence-electron chi connectivity index (χ2n) is 6.44. The summed E-state index contributed by atoms with van der Waals surface area (Å²) in [5.74, 6) is 1.47. The number of rotatable bonds is 8. The van der Waals surface area contributed by atoms with Gasteiger partial charge in [0.05, 0.1) is 6.42 Å².